The Kier molecular flexibility index (Phi) is 11.9. The molecule has 1 saturated carbocycles. The van der Waals surface area contributed by atoms with Gasteiger partial charge in [-0.25, -0.2) is 0 Å². The van der Waals surface area contributed by atoms with Gasteiger partial charge in [0.15, 0.2) is 5.96 Å². The van der Waals surface area contributed by atoms with Crippen molar-refractivity contribution in [3.63, 3.8) is 0 Å². The zero-order chi connectivity index (χ0) is 18.6. The molecule has 6 nitrogen and oxygen atoms in total. The monoisotopic (exact) mass is 488 g/mol. The molecule has 27 heavy (non-hydrogen) atoms. The van der Waals surface area contributed by atoms with Gasteiger partial charge in [-0.1, -0.05) is 31.4 Å². The summed E-state index contributed by atoms with van der Waals surface area (Å²) in [6.07, 6.45) is 6.95. The zero-order valence-electron chi connectivity index (χ0n) is 16.4. The van der Waals surface area contributed by atoms with E-state index in [-0.39, 0.29) is 29.9 Å². The van der Waals surface area contributed by atoms with Crippen LogP contribution in [-0.4, -0.2) is 39.1 Å². The molecule has 1 aliphatic rings. The largest absolute Gasteiger partial charge is 0.497 e. The average Bonchev–Trinajstić information content (AvgIpc) is 2.68. The third-order valence-corrected chi connectivity index (χ3v) is 4.78. The van der Waals surface area contributed by atoms with Crippen LogP contribution in [0.25, 0.3) is 0 Å². The number of carbonyl (C=O) groups is 1. The van der Waals surface area contributed by atoms with Crippen molar-refractivity contribution in [2.45, 2.75) is 45.1 Å². The number of methoxy groups -OCH3 is 1. The molecule has 1 aliphatic carbocycles. The molecule has 0 spiro atoms. The van der Waals surface area contributed by atoms with Crippen LogP contribution in [0.1, 0.15) is 44.1 Å². The minimum Gasteiger partial charge on any atom is -0.497 e. The SMILES string of the molecule is CN=C(NCCNC(=O)CC1CCCCC1)NCc1ccc(OC)cc1.I. The highest BCUT2D eigenvalue weighted by Crippen LogP contribution is 2.25. The summed E-state index contributed by atoms with van der Waals surface area (Å²) in [4.78, 5) is 16.2. The summed E-state index contributed by atoms with van der Waals surface area (Å²) in [5.74, 6) is 2.32. The predicted molar refractivity (Wildman–Crippen MR) is 121 cm³/mol. The molecule has 0 saturated heterocycles. The van der Waals surface area contributed by atoms with Crippen molar-refractivity contribution in [2.24, 2.45) is 10.9 Å². The number of hydrogen-bond acceptors (Lipinski definition) is 3. The zero-order valence-corrected chi connectivity index (χ0v) is 18.8. The first kappa shape index (κ1) is 23.5. The molecular weight excluding hydrogens is 455 g/mol. The lowest BCUT2D eigenvalue weighted by atomic mass is 9.87. The maximum atomic E-state index is 12.0. The number of guanidine groups is 1. The molecule has 0 unspecified atom stereocenters. The van der Waals surface area contributed by atoms with E-state index in [2.05, 4.69) is 20.9 Å². The van der Waals surface area contributed by atoms with Gasteiger partial charge in [-0.05, 0) is 36.5 Å². The van der Waals surface area contributed by atoms with Gasteiger partial charge in [-0.15, -0.1) is 24.0 Å². The molecular formula is C20H33IN4O2. The average molecular weight is 488 g/mol. The fraction of sp³-hybridized carbons (Fsp3) is 0.600. The summed E-state index contributed by atoms with van der Waals surface area (Å²) in [7, 11) is 3.40. The molecule has 1 aromatic carbocycles. The van der Waals surface area contributed by atoms with Gasteiger partial charge in [0.05, 0.1) is 7.11 Å². The molecule has 2 rings (SSSR count). The quantitative estimate of drug-likeness (QED) is 0.228. The predicted octanol–water partition coefficient (Wildman–Crippen LogP) is 3.06. The van der Waals surface area contributed by atoms with Crippen LogP contribution in [0.15, 0.2) is 29.3 Å². The van der Waals surface area contributed by atoms with Gasteiger partial charge in [-0.2, -0.15) is 0 Å². The van der Waals surface area contributed by atoms with Crippen LogP contribution in [0.2, 0.25) is 0 Å². The first-order valence-corrected chi connectivity index (χ1v) is 9.55. The molecule has 7 heteroatoms. The highest BCUT2D eigenvalue weighted by Gasteiger charge is 2.16. The van der Waals surface area contributed by atoms with Crippen LogP contribution < -0.4 is 20.7 Å². The van der Waals surface area contributed by atoms with Gasteiger partial charge < -0.3 is 20.7 Å². The summed E-state index contributed by atoms with van der Waals surface area (Å²) in [5, 5.41) is 9.48. The van der Waals surface area contributed by atoms with E-state index in [4.69, 9.17) is 4.74 Å². The van der Waals surface area contributed by atoms with Crippen molar-refractivity contribution in [2.75, 3.05) is 27.2 Å². The van der Waals surface area contributed by atoms with Gasteiger partial charge in [0.2, 0.25) is 5.91 Å². The Bertz CT molecular complexity index is 572. The molecule has 0 aliphatic heterocycles. The van der Waals surface area contributed by atoms with Crippen molar-refractivity contribution in [1.29, 1.82) is 0 Å². The highest BCUT2D eigenvalue weighted by atomic mass is 127. The lowest BCUT2D eigenvalue weighted by Gasteiger charge is -2.20. The molecule has 3 N–H and O–H groups in total. The van der Waals surface area contributed by atoms with Gasteiger partial charge >= 0.3 is 0 Å². The molecule has 0 atom stereocenters. The molecule has 0 radical (unpaired) electrons. The Hall–Kier alpha value is -1.51. The van der Waals surface area contributed by atoms with Crippen LogP contribution in [0.4, 0.5) is 0 Å². The Balaban J connectivity index is 0.00000364. The molecule has 1 fully saturated rings. The van der Waals surface area contributed by atoms with Crippen molar-refractivity contribution in [1.82, 2.24) is 16.0 Å². The third-order valence-electron chi connectivity index (χ3n) is 4.78. The maximum Gasteiger partial charge on any atom is 0.220 e. The maximum absolute atomic E-state index is 12.0. The molecule has 0 bridgehead atoms. The van der Waals surface area contributed by atoms with Crippen molar-refractivity contribution in [3.8, 4) is 5.75 Å². The Morgan fingerprint density at radius 1 is 1.07 bits per heavy atom. The van der Waals surface area contributed by atoms with Crippen LogP contribution in [0, 0.1) is 5.92 Å². The second-order valence-electron chi connectivity index (χ2n) is 6.76. The number of aliphatic imine (C=N–C) groups is 1. The first-order chi connectivity index (χ1) is 12.7. The molecule has 0 heterocycles. The first-order valence-electron chi connectivity index (χ1n) is 9.55. The van der Waals surface area contributed by atoms with E-state index in [1.165, 1.54) is 32.1 Å². The van der Waals surface area contributed by atoms with E-state index < -0.39 is 0 Å². The smallest absolute Gasteiger partial charge is 0.220 e. The minimum absolute atomic E-state index is 0. The van der Waals surface area contributed by atoms with Crippen LogP contribution in [0.3, 0.4) is 0 Å². The molecule has 152 valence electrons. The third kappa shape index (κ3) is 9.30. The van der Waals surface area contributed by atoms with E-state index >= 15 is 0 Å². The number of rotatable bonds is 8. The Labute approximate surface area is 179 Å². The van der Waals surface area contributed by atoms with E-state index in [1.54, 1.807) is 14.2 Å². The summed E-state index contributed by atoms with van der Waals surface area (Å²) >= 11 is 0. The number of nitrogens with zero attached hydrogens (tertiary/aromatic N) is 1. The summed E-state index contributed by atoms with van der Waals surface area (Å²) in [6.45, 7) is 1.94. The van der Waals surface area contributed by atoms with Gasteiger partial charge in [-0.3, -0.25) is 9.79 Å². The fourth-order valence-corrected chi connectivity index (χ4v) is 3.26. The summed E-state index contributed by atoms with van der Waals surface area (Å²) in [5.41, 5.74) is 1.15. The lowest BCUT2D eigenvalue weighted by Crippen LogP contribution is -2.41. The second kappa shape index (κ2) is 13.6. The number of carbonyl (C=O) groups excluding carboxylic acids is 1. The number of amides is 1. The Morgan fingerprint density at radius 2 is 1.74 bits per heavy atom. The number of halogens is 1. The van der Waals surface area contributed by atoms with Crippen molar-refractivity contribution in [3.05, 3.63) is 29.8 Å². The van der Waals surface area contributed by atoms with Crippen LogP contribution in [0.5, 0.6) is 5.75 Å². The standard InChI is InChI=1S/C20H32N4O2.HI/c1-21-20(24-15-17-8-10-18(26-2)11-9-17)23-13-12-22-19(25)14-16-6-4-3-5-7-16;/h8-11,16H,3-7,12-15H2,1-2H3,(H,22,25)(H2,21,23,24);1H. The van der Waals surface area contributed by atoms with Gasteiger partial charge in [0.25, 0.3) is 0 Å². The Morgan fingerprint density at radius 3 is 2.37 bits per heavy atom. The number of hydrogen-bond donors (Lipinski definition) is 3. The number of nitrogens with one attached hydrogen (secondary N) is 3. The molecule has 1 aromatic rings. The normalized spacial score (nSPS) is 14.8. The van der Waals surface area contributed by atoms with E-state index in [0.29, 0.717) is 32.0 Å². The van der Waals surface area contributed by atoms with E-state index in [0.717, 1.165) is 17.3 Å². The highest BCUT2D eigenvalue weighted by molar-refractivity contribution is 14.0. The second-order valence-corrected chi connectivity index (χ2v) is 6.76. The minimum atomic E-state index is 0. The number of benzene rings is 1. The van der Waals surface area contributed by atoms with Gasteiger partial charge in [0, 0.05) is 33.1 Å². The van der Waals surface area contributed by atoms with Crippen LogP contribution in [-0.2, 0) is 11.3 Å². The lowest BCUT2D eigenvalue weighted by molar-refractivity contribution is -0.122. The topological polar surface area (TPSA) is 74.8 Å². The number of ether oxygens (including phenoxy) is 1. The summed E-state index contributed by atoms with van der Waals surface area (Å²) in [6, 6.07) is 7.92. The fourth-order valence-electron chi connectivity index (χ4n) is 3.26. The molecule has 1 amide bonds. The van der Waals surface area contributed by atoms with Crippen molar-refractivity contribution >= 4 is 35.8 Å². The van der Waals surface area contributed by atoms with E-state index in [9.17, 15) is 4.79 Å². The van der Waals surface area contributed by atoms with Crippen LogP contribution >= 0.6 is 24.0 Å². The van der Waals surface area contributed by atoms with E-state index in [1.807, 2.05) is 24.3 Å². The van der Waals surface area contributed by atoms with Gasteiger partial charge in [0.1, 0.15) is 5.75 Å². The molecule has 0 aromatic heterocycles. The van der Waals surface area contributed by atoms with Crippen molar-refractivity contribution < 1.29 is 9.53 Å². The summed E-state index contributed by atoms with van der Waals surface area (Å²) < 4.78 is 5.16.